The molecule has 2 saturated heterocycles. The zero-order chi connectivity index (χ0) is 15.0. The van der Waals surface area contributed by atoms with Crippen LogP contribution in [0, 0.1) is 17.0 Å². The molecule has 114 valence electrons. The van der Waals surface area contributed by atoms with Crippen LogP contribution in [0.4, 0.5) is 17.5 Å². The van der Waals surface area contributed by atoms with E-state index in [1.54, 1.807) is 6.92 Å². The molecule has 0 spiro atoms. The molecule has 1 aromatic heterocycles. The van der Waals surface area contributed by atoms with E-state index in [1.165, 1.54) is 19.4 Å². The van der Waals surface area contributed by atoms with Crippen LogP contribution in [0.25, 0.3) is 0 Å². The minimum Gasteiger partial charge on any atom is -0.368 e. The topological polar surface area (TPSA) is 110 Å². The van der Waals surface area contributed by atoms with Crippen molar-refractivity contribution in [1.82, 2.24) is 14.9 Å². The number of aryl methyl sites for hydroxylation is 1. The van der Waals surface area contributed by atoms with E-state index in [-0.39, 0.29) is 23.5 Å². The van der Waals surface area contributed by atoms with Crippen molar-refractivity contribution in [2.45, 2.75) is 44.7 Å². The fourth-order valence-electron chi connectivity index (χ4n) is 3.46. The van der Waals surface area contributed by atoms with E-state index in [4.69, 9.17) is 5.73 Å². The average molecular weight is 292 g/mol. The number of piperidine rings is 1. The number of nitrogens with two attached hydrogens (primary N) is 1. The summed E-state index contributed by atoms with van der Waals surface area (Å²) >= 11 is 0. The Morgan fingerprint density at radius 2 is 2.19 bits per heavy atom. The number of fused-ring (bicyclic) bond motifs is 1. The average Bonchev–Trinajstić information content (AvgIpc) is 2.84. The van der Waals surface area contributed by atoms with Crippen molar-refractivity contribution in [3.63, 3.8) is 0 Å². The summed E-state index contributed by atoms with van der Waals surface area (Å²) in [5.41, 5.74) is 5.85. The third-order valence-electron chi connectivity index (χ3n) is 4.42. The normalized spacial score (nSPS) is 25.6. The Labute approximate surface area is 122 Å². The second-order valence-corrected chi connectivity index (χ2v) is 5.82. The van der Waals surface area contributed by atoms with Gasteiger partial charge in [-0.1, -0.05) is 0 Å². The highest BCUT2D eigenvalue weighted by Gasteiger charge is 2.33. The molecule has 0 aliphatic carbocycles. The highest BCUT2D eigenvalue weighted by atomic mass is 16.6. The van der Waals surface area contributed by atoms with E-state index in [2.05, 4.69) is 20.2 Å². The van der Waals surface area contributed by atoms with Gasteiger partial charge in [-0.25, -0.2) is 4.98 Å². The summed E-state index contributed by atoms with van der Waals surface area (Å²) in [4.78, 5) is 21.2. The van der Waals surface area contributed by atoms with E-state index < -0.39 is 4.92 Å². The second kappa shape index (κ2) is 5.44. The van der Waals surface area contributed by atoms with E-state index >= 15 is 0 Å². The molecule has 21 heavy (non-hydrogen) atoms. The molecule has 1 aromatic rings. The predicted molar refractivity (Wildman–Crippen MR) is 79.1 cm³/mol. The first-order valence-corrected chi connectivity index (χ1v) is 7.33. The van der Waals surface area contributed by atoms with E-state index in [1.807, 2.05) is 0 Å². The van der Waals surface area contributed by atoms with Gasteiger partial charge in [-0.05, 0) is 39.2 Å². The van der Waals surface area contributed by atoms with Crippen molar-refractivity contribution >= 4 is 17.5 Å². The fraction of sp³-hybridized carbons (Fsp3) is 0.692. The fourth-order valence-corrected chi connectivity index (χ4v) is 3.46. The zero-order valence-corrected chi connectivity index (χ0v) is 12.1. The molecule has 0 saturated carbocycles. The lowest BCUT2D eigenvalue weighted by Crippen LogP contribution is -2.43. The number of rotatable bonds is 3. The maximum absolute atomic E-state index is 11.2. The van der Waals surface area contributed by atoms with Gasteiger partial charge in [0.25, 0.3) is 0 Å². The molecule has 2 aliphatic heterocycles. The van der Waals surface area contributed by atoms with Crippen LogP contribution in [-0.2, 0) is 0 Å². The molecular weight excluding hydrogens is 272 g/mol. The maximum Gasteiger partial charge on any atom is 0.332 e. The highest BCUT2D eigenvalue weighted by Crippen LogP contribution is 2.31. The molecule has 0 radical (unpaired) electrons. The zero-order valence-electron chi connectivity index (χ0n) is 12.1. The molecule has 0 amide bonds. The quantitative estimate of drug-likeness (QED) is 0.638. The van der Waals surface area contributed by atoms with Crippen LogP contribution in [-0.4, -0.2) is 45.0 Å². The largest absolute Gasteiger partial charge is 0.368 e. The van der Waals surface area contributed by atoms with Gasteiger partial charge in [0.1, 0.15) is 5.69 Å². The van der Waals surface area contributed by atoms with Crippen molar-refractivity contribution in [1.29, 1.82) is 0 Å². The van der Waals surface area contributed by atoms with Crippen LogP contribution in [0.5, 0.6) is 0 Å². The number of nitrogen functional groups attached to an aromatic ring is 1. The molecule has 3 heterocycles. The molecule has 3 N–H and O–H groups in total. The van der Waals surface area contributed by atoms with Gasteiger partial charge in [-0.3, -0.25) is 10.1 Å². The minimum atomic E-state index is -0.443. The lowest BCUT2D eigenvalue weighted by molar-refractivity contribution is -0.385. The predicted octanol–water partition coefficient (Wildman–Crippen LogP) is 1.31. The van der Waals surface area contributed by atoms with Gasteiger partial charge in [0.2, 0.25) is 11.8 Å². The number of hydrogen-bond donors (Lipinski definition) is 2. The third kappa shape index (κ3) is 2.76. The highest BCUT2D eigenvalue weighted by molar-refractivity contribution is 5.60. The summed E-state index contributed by atoms with van der Waals surface area (Å²) in [5, 5.41) is 14.4. The molecule has 2 fully saturated rings. The van der Waals surface area contributed by atoms with Crippen LogP contribution in [0.3, 0.4) is 0 Å². The van der Waals surface area contributed by atoms with Crippen molar-refractivity contribution in [2.24, 2.45) is 0 Å². The van der Waals surface area contributed by atoms with Crippen molar-refractivity contribution in [3.8, 4) is 0 Å². The van der Waals surface area contributed by atoms with Gasteiger partial charge in [0.15, 0.2) is 0 Å². The summed E-state index contributed by atoms with van der Waals surface area (Å²) in [6.45, 7) is 3.80. The lowest BCUT2D eigenvalue weighted by atomic mass is 9.97. The monoisotopic (exact) mass is 292 g/mol. The van der Waals surface area contributed by atoms with Gasteiger partial charge in [0, 0.05) is 18.6 Å². The van der Waals surface area contributed by atoms with Gasteiger partial charge >= 0.3 is 5.69 Å². The maximum atomic E-state index is 11.2. The Balaban J connectivity index is 1.79. The van der Waals surface area contributed by atoms with Crippen LogP contribution in [0.1, 0.15) is 31.4 Å². The molecule has 2 aliphatic rings. The summed E-state index contributed by atoms with van der Waals surface area (Å²) in [7, 11) is 0. The molecule has 0 aromatic carbocycles. The second-order valence-electron chi connectivity index (χ2n) is 5.82. The van der Waals surface area contributed by atoms with E-state index in [9.17, 15) is 10.1 Å². The smallest absolute Gasteiger partial charge is 0.332 e. The van der Waals surface area contributed by atoms with Gasteiger partial charge in [-0.15, -0.1) is 0 Å². The Hall–Kier alpha value is -1.96. The third-order valence-corrected chi connectivity index (χ3v) is 4.42. The Morgan fingerprint density at radius 1 is 1.38 bits per heavy atom. The number of anilines is 2. The van der Waals surface area contributed by atoms with Crippen molar-refractivity contribution in [3.05, 3.63) is 15.8 Å². The lowest BCUT2D eigenvalue weighted by Gasteiger charge is -2.35. The summed E-state index contributed by atoms with van der Waals surface area (Å²) in [6.07, 6.45) is 4.43. The Bertz CT molecular complexity index is 564. The summed E-state index contributed by atoms with van der Waals surface area (Å²) < 4.78 is 0. The van der Waals surface area contributed by atoms with Crippen LogP contribution in [0.15, 0.2) is 0 Å². The summed E-state index contributed by atoms with van der Waals surface area (Å²) in [6, 6.07) is 0.798. The molecule has 8 heteroatoms. The first-order chi connectivity index (χ1) is 10.0. The first kappa shape index (κ1) is 14.0. The molecule has 0 bridgehead atoms. The number of nitrogens with one attached hydrogen (secondary N) is 1. The first-order valence-electron chi connectivity index (χ1n) is 7.33. The van der Waals surface area contributed by atoms with Gasteiger partial charge in [-0.2, -0.15) is 4.98 Å². The number of aromatic nitrogens is 2. The Morgan fingerprint density at radius 3 is 2.95 bits per heavy atom. The van der Waals surface area contributed by atoms with E-state index in [0.717, 1.165) is 19.4 Å². The molecule has 8 nitrogen and oxygen atoms in total. The van der Waals surface area contributed by atoms with E-state index in [0.29, 0.717) is 11.7 Å². The van der Waals surface area contributed by atoms with Gasteiger partial charge in [0.05, 0.1) is 4.92 Å². The van der Waals surface area contributed by atoms with Crippen LogP contribution in [0.2, 0.25) is 0 Å². The number of nitrogens with zero attached hydrogens (tertiary/aromatic N) is 4. The molecule has 2 atom stereocenters. The molecule has 2 unspecified atom stereocenters. The summed E-state index contributed by atoms with van der Waals surface area (Å²) in [5.74, 6) is 0.320. The number of hydrogen-bond acceptors (Lipinski definition) is 7. The van der Waals surface area contributed by atoms with Crippen molar-refractivity contribution < 1.29 is 4.92 Å². The van der Waals surface area contributed by atoms with Crippen molar-refractivity contribution in [2.75, 3.05) is 24.1 Å². The van der Waals surface area contributed by atoms with Crippen LogP contribution < -0.4 is 11.1 Å². The molecular formula is C13H20N6O2. The number of nitro groups is 1. The minimum absolute atomic E-state index is 0.0684. The standard InChI is InChI=1S/C13H20N6O2/c1-8-11(19(20)21)12(17-13(14)15-8)16-9-4-6-18-5-2-3-10(18)7-9/h9-10H,2-7H2,1H3,(H3,14,15,16,17). The SMILES string of the molecule is Cc1nc(N)nc(NC2CCN3CCCC3C2)c1[N+](=O)[O-]. The molecule has 3 rings (SSSR count). The van der Waals surface area contributed by atoms with Gasteiger partial charge < -0.3 is 16.0 Å². The Kier molecular flexibility index (Phi) is 3.62. The van der Waals surface area contributed by atoms with Crippen LogP contribution >= 0.6 is 0 Å².